The zero-order chi connectivity index (χ0) is 12.1. The van der Waals surface area contributed by atoms with Gasteiger partial charge in [-0.15, -0.1) is 0 Å². The largest absolute Gasteiger partial charge is 0.341 e. The number of likely N-dealkylation sites (N-methyl/N-ethyl adjacent to an activating group) is 1. The molecule has 1 fully saturated rings. The van der Waals surface area contributed by atoms with Gasteiger partial charge >= 0.3 is 0 Å². The van der Waals surface area contributed by atoms with Gasteiger partial charge in [0, 0.05) is 25.7 Å². The Hall–Kier alpha value is -0.610. The van der Waals surface area contributed by atoms with E-state index in [4.69, 9.17) is 5.73 Å². The predicted octanol–water partition coefficient (Wildman–Crippen LogP) is 0.524. The fraction of sp³-hybridized carbons (Fsp3) is 0.917. The Bertz CT molecular complexity index is 230. The number of hydrogen-bond donors (Lipinski definition) is 1. The normalized spacial score (nSPS) is 22.8. The van der Waals surface area contributed by atoms with Crippen LogP contribution in [0, 0.1) is 5.92 Å². The van der Waals surface area contributed by atoms with Crippen molar-refractivity contribution in [3.05, 3.63) is 0 Å². The van der Waals surface area contributed by atoms with Gasteiger partial charge in [0.15, 0.2) is 0 Å². The molecule has 1 heterocycles. The molecular weight excluding hydrogens is 202 g/mol. The third kappa shape index (κ3) is 3.19. The average molecular weight is 227 g/mol. The fourth-order valence-corrected chi connectivity index (χ4v) is 2.31. The summed E-state index contributed by atoms with van der Waals surface area (Å²) in [5.74, 6) is 0.291. The first-order valence-corrected chi connectivity index (χ1v) is 6.25. The molecule has 1 aliphatic rings. The SMILES string of the molecule is CCCC(CN)C(=O)N1CCC(N(C)C)C1. The average Bonchev–Trinajstić information content (AvgIpc) is 2.74. The second-order valence-corrected chi connectivity index (χ2v) is 4.91. The number of rotatable bonds is 5. The van der Waals surface area contributed by atoms with Crippen LogP contribution in [-0.2, 0) is 4.79 Å². The number of carbonyl (C=O) groups is 1. The standard InChI is InChI=1S/C12H25N3O/c1-4-5-10(8-13)12(16)15-7-6-11(9-15)14(2)3/h10-11H,4-9,13H2,1-3H3. The molecule has 1 rings (SSSR count). The molecule has 2 N–H and O–H groups in total. The van der Waals surface area contributed by atoms with Crippen LogP contribution in [0.4, 0.5) is 0 Å². The van der Waals surface area contributed by atoms with Crippen molar-refractivity contribution < 1.29 is 4.79 Å². The van der Waals surface area contributed by atoms with Crippen molar-refractivity contribution in [3.63, 3.8) is 0 Å². The maximum atomic E-state index is 12.2. The highest BCUT2D eigenvalue weighted by Gasteiger charge is 2.30. The van der Waals surface area contributed by atoms with Gasteiger partial charge in [-0.25, -0.2) is 0 Å². The Kier molecular flexibility index (Phi) is 5.22. The highest BCUT2D eigenvalue weighted by molar-refractivity contribution is 5.79. The minimum atomic E-state index is 0.0333. The Labute approximate surface area is 98.8 Å². The van der Waals surface area contributed by atoms with Crippen LogP contribution in [-0.4, -0.2) is 55.5 Å². The third-order valence-corrected chi connectivity index (χ3v) is 3.48. The van der Waals surface area contributed by atoms with E-state index in [1.54, 1.807) is 0 Å². The highest BCUT2D eigenvalue weighted by atomic mass is 16.2. The van der Waals surface area contributed by atoms with Crippen LogP contribution < -0.4 is 5.73 Å². The lowest BCUT2D eigenvalue weighted by molar-refractivity contribution is -0.134. The van der Waals surface area contributed by atoms with Gasteiger partial charge in [0.05, 0.1) is 5.92 Å². The minimum Gasteiger partial charge on any atom is -0.341 e. The molecule has 16 heavy (non-hydrogen) atoms. The van der Waals surface area contributed by atoms with Crippen molar-refractivity contribution in [1.82, 2.24) is 9.80 Å². The van der Waals surface area contributed by atoms with Gasteiger partial charge in [0.1, 0.15) is 0 Å². The first-order valence-electron chi connectivity index (χ1n) is 6.25. The number of nitrogens with two attached hydrogens (primary N) is 1. The zero-order valence-corrected chi connectivity index (χ0v) is 10.8. The van der Waals surface area contributed by atoms with E-state index < -0.39 is 0 Å². The second-order valence-electron chi connectivity index (χ2n) is 4.91. The fourth-order valence-electron chi connectivity index (χ4n) is 2.31. The Morgan fingerprint density at radius 1 is 1.56 bits per heavy atom. The van der Waals surface area contributed by atoms with Gasteiger partial charge in [0.25, 0.3) is 0 Å². The lowest BCUT2D eigenvalue weighted by Gasteiger charge is -2.24. The summed E-state index contributed by atoms with van der Waals surface area (Å²) in [4.78, 5) is 16.3. The van der Waals surface area contributed by atoms with Crippen molar-refractivity contribution in [2.24, 2.45) is 11.7 Å². The van der Waals surface area contributed by atoms with Crippen LogP contribution in [0.25, 0.3) is 0 Å². The van der Waals surface area contributed by atoms with E-state index in [-0.39, 0.29) is 11.8 Å². The molecule has 1 amide bonds. The van der Waals surface area contributed by atoms with Crippen molar-refractivity contribution in [1.29, 1.82) is 0 Å². The topological polar surface area (TPSA) is 49.6 Å². The van der Waals surface area contributed by atoms with Gasteiger partial charge in [-0.05, 0) is 26.9 Å². The van der Waals surface area contributed by atoms with E-state index in [0.717, 1.165) is 32.4 Å². The van der Waals surface area contributed by atoms with Crippen molar-refractivity contribution in [2.75, 3.05) is 33.7 Å². The molecule has 1 aliphatic heterocycles. The molecule has 0 aliphatic carbocycles. The van der Waals surface area contributed by atoms with Gasteiger partial charge in [-0.3, -0.25) is 4.79 Å². The number of likely N-dealkylation sites (tertiary alicyclic amines) is 1. The first-order chi connectivity index (χ1) is 7.60. The van der Waals surface area contributed by atoms with Gasteiger partial charge in [-0.1, -0.05) is 13.3 Å². The van der Waals surface area contributed by atoms with E-state index in [1.807, 2.05) is 4.90 Å². The minimum absolute atomic E-state index is 0.0333. The summed E-state index contributed by atoms with van der Waals surface area (Å²) >= 11 is 0. The molecule has 1 saturated heterocycles. The molecule has 4 nitrogen and oxygen atoms in total. The number of nitrogens with zero attached hydrogens (tertiary/aromatic N) is 2. The van der Waals surface area contributed by atoms with Gasteiger partial charge < -0.3 is 15.5 Å². The molecule has 0 saturated carbocycles. The van der Waals surface area contributed by atoms with Crippen molar-refractivity contribution in [3.8, 4) is 0 Å². The summed E-state index contributed by atoms with van der Waals surface area (Å²) in [6, 6.07) is 0.518. The molecular formula is C12H25N3O. The summed E-state index contributed by atoms with van der Waals surface area (Å²) in [7, 11) is 4.15. The molecule has 0 spiro atoms. The van der Waals surface area contributed by atoms with Gasteiger partial charge in [0.2, 0.25) is 5.91 Å². The van der Waals surface area contributed by atoms with Gasteiger partial charge in [-0.2, -0.15) is 0 Å². The van der Waals surface area contributed by atoms with Crippen LogP contribution >= 0.6 is 0 Å². The second kappa shape index (κ2) is 6.21. The molecule has 4 heteroatoms. The van der Waals surface area contributed by atoms with Crippen LogP contribution in [0.15, 0.2) is 0 Å². The van der Waals surface area contributed by atoms with Crippen LogP contribution in [0.5, 0.6) is 0 Å². The highest BCUT2D eigenvalue weighted by Crippen LogP contribution is 2.17. The summed E-state index contributed by atoms with van der Waals surface area (Å²) in [5, 5.41) is 0. The third-order valence-electron chi connectivity index (χ3n) is 3.48. The summed E-state index contributed by atoms with van der Waals surface area (Å²) < 4.78 is 0. The molecule has 0 aromatic rings. The molecule has 0 aromatic carbocycles. The number of hydrogen-bond acceptors (Lipinski definition) is 3. The Balaban J connectivity index is 2.49. The van der Waals surface area contributed by atoms with Crippen molar-refractivity contribution >= 4 is 5.91 Å². The van der Waals surface area contributed by atoms with E-state index in [0.29, 0.717) is 12.6 Å². The maximum Gasteiger partial charge on any atom is 0.227 e. The van der Waals surface area contributed by atoms with E-state index in [2.05, 4.69) is 25.9 Å². The number of amides is 1. The monoisotopic (exact) mass is 227 g/mol. The molecule has 2 unspecified atom stereocenters. The van der Waals surface area contributed by atoms with Crippen LogP contribution in [0.3, 0.4) is 0 Å². The Morgan fingerprint density at radius 2 is 2.25 bits per heavy atom. The van der Waals surface area contributed by atoms with E-state index in [9.17, 15) is 4.79 Å². The first kappa shape index (κ1) is 13.5. The quantitative estimate of drug-likeness (QED) is 0.745. The van der Waals surface area contributed by atoms with E-state index in [1.165, 1.54) is 0 Å². The molecule has 2 atom stereocenters. The Morgan fingerprint density at radius 3 is 2.69 bits per heavy atom. The molecule has 0 radical (unpaired) electrons. The smallest absolute Gasteiger partial charge is 0.227 e. The van der Waals surface area contributed by atoms with Crippen LogP contribution in [0.1, 0.15) is 26.2 Å². The molecule has 0 aromatic heterocycles. The zero-order valence-electron chi connectivity index (χ0n) is 10.8. The molecule has 94 valence electrons. The van der Waals surface area contributed by atoms with Crippen LogP contribution in [0.2, 0.25) is 0 Å². The van der Waals surface area contributed by atoms with E-state index >= 15 is 0 Å². The lowest BCUT2D eigenvalue weighted by atomic mass is 10.0. The predicted molar refractivity (Wildman–Crippen MR) is 66.1 cm³/mol. The maximum absolute atomic E-state index is 12.2. The number of carbonyl (C=O) groups excluding carboxylic acids is 1. The van der Waals surface area contributed by atoms with Crippen molar-refractivity contribution in [2.45, 2.75) is 32.2 Å². The lowest BCUT2D eigenvalue weighted by Crippen LogP contribution is -2.39. The summed E-state index contributed by atoms with van der Waals surface area (Å²) in [5.41, 5.74) is 5.66. The molecule has 0 bridgehead atoms. The summed E-state index contributed by atoms with van der Waals surface area (Å²) in [6.45, 7) is 4.34. The summed E-state index contributed by atoms with van der Waals surface area (Å²) in [6.07, 6.45) is 3.03.